The molecular formula is C17H22N2. The number of rotatable bonds is 2. The van der Waals surface area contributed by atoms with Crippen molar-refractivity contribution in [2.75, 3.05) is 4.90 Å². The Hall–Kier alpha value is -1.44. The Balaban J connectivity index is 1.80. The lowest BCUT2D eigenvalue weighted by Crippen LogP contribution is -2.27. The van der Waals surface area contributed by atoms with Gasteiger partial charge < -0.3 is 9.80 Å². The van der Waals surface area contributed by atoms with Crippen molar-refractivity contribution in [3.63, 3.8) is 0 Å². The van der Waals surface area contributed by atoms with E-state index in [1.54, 1.807) is 0 Å². The Morgan fingerprint density at radius 1 is 1.00 bits per heavy atom. The predicted octanol–water partition coefficient (Wildman–Crippen LogP) is 4.14. The Morgan fingerprint density at radius 2 is 1.63 bits per heavy atom. The minimum Gasteiger partial charge on any atom is -0.343 e. The molecule has 1 aromatic rings. The monoisotopic (exact) mass is 254 g/mol. The molecule has 0 aromatic heterocycles. The van der Waals surface area contributed by atoms with Gasteiger partial charge in [-0.3, -0.25) is 0 Å². The van der Waals surface area contributed by atoms with Gasteiger partial charge >= 0.3 is 0 Å². The molecule has 0 N–H and O–H groups in total. The first kappa shape index (κ1) is 12.6. The van der Waals surface area contributed by atoms with Crippen LogP contribution in [0, 0.1) is 27.4 Å². The van der Waals surface area contributed by atoms with E-state index in [1.807, 2.05) is 0 Å². The van der Waals surface area contributed by atoms with E-state index < -0.39 is 0 Å². The summed E-state index contributed by atoms with van der Waals surface area (Å²) in [5.74, 6) is 0. The molecule has 1 aromatic carbocycles. The molecule has 1 aliphatic carbocycles. The maximum atomic E-state index is 3.51. The summed E-state index contributed by atoms with van der Waals surface area (Å²) in [6.45, 7) is 10.0. The molecule has 100 valence electrons. The first-order valence-corrected chi connectivity index (χ1v) is 7.25. The summed E-state index contributed by atoms with van der Waals surface area (Å²) in [6.07, 6.45) is 9.64. The number of benzene rings is 1. The predicted molar refractivity (Wildman–Crippen MR) is 79.6 cm³/mol. The Morgan fingerprint density at radius 3 is 2.26 bits per heavy atom. The van der Waals surface area contributed by atoms with Crippen LogP contribution in [0.2, 0.25) is 0 Å². The van der Waals surface area contributed by atoms with Crippen LogP contribution in [0.1, 0.15) is 42.4 Å². The van der Waals surface area contributed by atoms with E-state index in [-0.39, 0.29) is 0 Å². The summed E-state index contributed by atoms with van der Waals surface area (Å²) >= 11 is 0. The maximum Gasteiger partial charge on any atom is 0.213 e. The molecular weight excluding hydrogens is 232 g/mol. The SMILES string of the molecule is Cc1cc(C)c(N2[C]N(C3CCCC3)C=C2)c(C)c1. The van der Waals surface area contributed by atoms with Gasteiger partial charge in [0.25, 0.3) is 0 Å². The highest BCUT2D eigenvalue weighted by molar-refractivity contribution is 5.63. The Kier molecular flexibility index (Phi) is 3.26. The molecule has 19 heavy (non-hydrogen) atoms. The highest BCUT2D eigenvalue weighted by Crippen LogP contribution is 2.33. The van der Waals surface area contributed by atoms with Gasteiger partial charge in [0.1, 0.15) is 0 Å². The van der Waals surface area contributed by atoms with Crippen LogP contribution in [0.5, 0.6) is 0 Å². The average Bonchev–Trinajstić information content (AvgIpc) is 2.97. The third-order valence-electron chi connectivity index (χ3n) is 4.19. The van der Waals surface area contributed by atoms with Gasteiger partial charge in [-0.1, -0.05) is 30.5 Å². The minimum atomic E-state index is 0.660. The van der Waals surface area contributed by atoms with Crippen molar-refractivity contribution in [2.45, 2.75) is 52.5 Å². The van der Waals surface area contributed by atoms with Gasteiger partial charge in [-0.25, -0.2) is 0 Å². The molecule has 2 radical (unpaired) electrons. The van der Waals surface area contributed by atoms with Crippen LogP contribution in [-0.2, 0) is 0 Å². The fourth-order valence-electron chi connectivity index (χ4n) is 3.39. The van der Waals surface area contributed by atoms with E-state index in [9.17, 15) is 0 Å². The van der Waals surface area contributed by atoms with E-state index in [0.717, 1.165) is 0 Å². The van der Waals surface area contributed by atoms with E-state index in [1.165, 1.54) is 48.1 Å². The van der Waals surface area contributed by atoms with Gasteiger partial charge in [0.15, 0.2) is 0 Å². The van der Waals surface area contributed by atoms with Crippen LogP contribution in [0.25, 0.3) is 0 Å². The second kappa shape index (κ2) is 4.92. The summed E-state index contributed by atoms with van der Waals surface area (Å²) in [5.41, 5.74) is 5.25. The van der Waals surface area contributed by atoms with Gasteiger partial charge in [-0.05, 0) is 44.7 Å². The number of hydrogen-bond acceptors (Lipinski definition) is 2. The normalized spacial score (nSPS) is 19.7. The number of nitrogens with zero attached hydrogens (tertiary/aromatic N) is 2. The summed E-state index contributed by atoms with van der Waals surface area (Å²) in [5, 5.41) is 0. The molecule has 2 aliphatic rings. The summed E-state index contributed by atoms with van der Waals surface area (Å²) in [6, 6.07) is 5.15. The zero-order chi connectivity index (χ0) is 13.4. The standard InChI is InChI=1S/C17H22N2/c1-13-10-14(2)17(15(3)11-13)19-9-8-18(12-19)16-6-4-5-7-16/h8-11,16H,4-7H2,1-3H3. The molecule has 2 heteroatoms. The molecule has 0 saturated heterocycles. The van der Waals surface area contributed by atoms with Crippen LogP contribution in [0.4, 0.5) is 5.69 Å². The summed E-state index contributed by atoms with van der Waals surface area (Å²) in [4.78, 5) is 4.42. The van der Waals surface area contributed by atoms with Crippen LogP contribution in [-0.4, -0.2) is 10.9 Å². The van der Waals surface area contributed by atoms with Crippen molar-refractivity contribution >= 4 is 5.69 Å². The molecule has 0 bridgehead atoms. The van der Waals surface area contributed by atoms with E-state index in [4.69, 9.17) is 0 Å². The van der Waals surface area contributed by atoms with Crippen molar-refractivity contribution in [2.24, 2.45) is 0 Å². The summed E-state index contributed by atoms with van der Waals surface area (Å²) in [7, 11) is 0. The highest BCUT2D eigenvalue weighted by atomic mass is 15.4. The van der Waals surface area contributed by atoms with Crippen LogP contribution in [0.15, 0.2) is 24.5 Å². The molecule has 1 fully saturated rings. The highest BCUT2D eigenvalue weighted by Gasteiger charge is 2.27. The fourth-order valence-corrected chi connectivity index (χ4v) is 3.39. The lowest BCUT2D eigenvalue weighted by atomic mass is 10.0. The fraction of sp³-hybridized carbons (Fsp3) is 0.471. The smallest absolute Gasteiger partial charge is 0.213 e. The molecule has 0 amide bonds. The van der Waals surface area contributed by atoms with Crippen LogP contribution < -0.4 is 4.90 Å². The van der Waals surface area contributed by atoms with Crippen molar-refractivity contribution in [3.05, 3.63) is 47.9 Å². The molecule has 1 saturated carbocycles. The third kappa shape index (κ3) is 2.36. The average molecular weight is 254 g/mol. The van der Waals surface area contributed by atoms with Gasteiger partial charge in [-0.2, -0.15) is 0 Å². The second-order valence-corrected chi connectivity index (χ2v) is 5.86. The van der Waals surface area contributed by atoms with E-state index in [2.05, 4.69) is 61.8 Å². The van der Waals surface area contributed by atoms with Crippen LogP contribution >= 0.6 is 0 Å². The largest absolute Gasteiger partial charge is 0.343 e. The topological polar surface area (TPSA) is 6.48 Å². The molecule has 2 nitrogen and oxygen atoms in total. The molecule has 1 heterocycles. The van der Waals surface area contributed by atoms with Gasteiger partial charge in [0, 0.05) is 24.1 Å². The number of aryl methyl sites for hydroxylation is 3. The van der Waals surface area contributed by atoms with Crippen molar-refractivity contribution in [1.82, 2.24) is 4.90 Å². The van der Waals surface area contributed by atoms with Gasteiger partial charge in [0.05, 0.1) is 0 Å². The third-order valence-corrected chi connectivity index (χ3v) is 4.19. The van der Waals surface area contributed by atoms with Gasteiger partial charge in [0.2, 0.25) is 6.67 Å². The number of hydrogen-bond donors (Lipinski definition) is 0. The van der Waals surface area contributed by atoms with E-state index in [0.29, 0.717) is 6.04 Å². The maximum absolute atomic E-state index is 3.51. The second-order valence-electron chi connectivity index (χ2n) is 5.86. The van der Waals surface area contributed by atoms with Crippen molar-refractivity contribution < 1.29 is 0 Å². The quantitative estimate of drug-likeness (QED) is 0.782. The first-order chi connectivity index (χ1) is 9.15. The molecule has 0 spiro atoms. The van der Waals surface area contributed by atoms with Gasteiger partial charge in [-0.15, -0.1) is 0 Å². The lowest BCUT2D eigenvalue weighted by molar-refractivity contribution is 0.345. The van der Waals surface area contributed by atoms with Crippen molar-refractivity contribution in [1.29, 1.82) is 0 Å². The number of anilines is 1. The van der Waals surface area contributed by atoms with Crippen molar-refractivity contribution in [3.8, 4) is 0 Å². The molecule has 0 unspecified atom stereocenters. The minimum absolute atomic E-state index is 0.660. The lowest BCUT2D eigenvalue weighted by Gasteiger charge is -2.26. The molecule has 3 rings (SSSR count). The van der Waals surface area contributed by atoms with E-state index >= 15 is 0 Å². The summed E-state index contributed by atoms with van der Waals surface area (Å²) < 4.78 is 0. The zero-order valence-corrected chi connectivity index (χ0v) is 12.1. The Labute approximate surface area is 116 Å². The zero-order valence-electron chi connectivity index (χ0n) is 12.1. The molecule has 1 aliphatic heterocycles. The molecule has 0 atom stereocenters. The van der Waals surface area contributed by atoms with Crippen LogP contribution in [0.3, 0.4) is 0 Å². The Bertz CT molecular complexity index is 475. The first-order valence-electron chi connectivity index (χ1n) is 7.25.